The van der Waals surface area contributed by atoms with Crippen LogP contribution in [0.5, 0.6) is 0 Å². The molecule has 28 heavy (non-hydrogen) atoms. The average molecular weight is 385 g/mol. The quantitative estimate of drug-likeness (QED) is 0.802. The Bertz CT molecular complexity index is 676. The Kier molecular flexibility index (Phi) is 6.00. The topological polar surface area (TPSA) is 49.9 Å². The first-order valence-corrected chi connectivity index (χ1v) is 10.9. The fourth-order valence-electron chi connectivity index (χ4n) is 4.96. The summed E-state index contributed by atoms with van der Waals surface area (Å²) < 4.78 is 5.69. The Morgan fingerprint density at radius 3 is 2.61 bits per heavy atom. The minimum absolute atomic E-state index is 0.183. The molecule has 0 aliphatic carbocycles. The standard InChI is InChI=1S/C23H32N2O3/c26-21-9-11-23(18-25(21)14-10-19-6-2-1-3-7-19)12-15-24(16-13-23)22(27)20-8-4-5-17-28-20/h1-3,6-7,20H,4-5,8-18H2/t20-/m1/s1. The van der Waals surface area contributed by atoms with Crippen LogP contribution in [-0.4, -0.2) is 60.5 Å². The molecule has 0 unspecified atom stereocenters. The van der Waals surface area contributed by atoms with E-state index >= 15 is 0 Å². The van der Waals surface area contributed by atoms with Crippen LogP contribution >= 0.6 is 0 Å². The highest BCUT2D eigenvalue weighted by atomic mass is 16.5. The SMILES string of the molecule is O=C1CCC2(CCN(C(=O)[C@H]3CCCCO3)CC2)CN1CCc1ccccc1. The maximum atomic E-state index is 12.7. The molecule has 3 saturated heterocycles. The second-order valence-corrected chi connectivity index (χ2v) is 8.73. The van der Waals surface area contributed by atoms with Gasteiger partial charge in [-0.25, -0.2) is 0 Å². The van der Waals surface area contributed by atoms with E-state index in [2.05, 4.69) is 29.2 Å². The van der Waals surface area contributed by atoms with Crippen molar-refractivity contribution in [1.29, 1.82) is 0 Å². The Balaban J connectivity index is 1.31. The fraction of sp³-hybridized carbons (Fsp3) is 0.652. The van der Waals surface area contributed by atoms with Gasteiger partial charge in [-0.1, -0.05) is 30.3 Å². The van der Waals surface area contributed by atoms with Gasteiger partial charge in [0.1, 0.15) is 6.10 Å². The molecule has 4 rings (SSSR count). The number of hydrogen-bond donors (Lipinski definition) is 0. The van der Waals surface area contributed by atoms with Crippen LogP contribution < -0.4 is 0 Å². The summed E-state index contributed by atoms with van der Waals surface area (Å²) in [7, 11) is 0. The van der Waals surface area contributed by atoms with Crippen LogP contribution in [0, 0.1) is 5.41 Å². The van der Waals surface area contributed by atoms with E-state index in [0.29, 0.717) is 13.0 Å². The lowest BCUT2D eigenvalue weighted by Crippen LogP contribution is -2.54. The van der Waals surface area contributed by atoms with Crippen LogP contribution in [0.2, 0.25) is 0 Å². The molecule has 5 nitrogen and oxygen atoms in total. The molecule has 1 spiro atoms. The number of amides is 2. The lowest BCUT2D eigenvalue weighted by molar-refractivity contribution is -0.151. The molecule has 1 aromatic carbocycles. The Labute approximate surface area is 168 Å². The highest BCUT2D eigenvalue weighted by Crippen LogP contribution is 2.40. The lowest BCUT2D eigenvalue weighted by atomic mass is 9.72. The van der Waals surface area contributed by atoms with E-state index in [9.17, 15) is 9.59 Å². The monoisotopic (exact) mass is 384 g/mol. The number of rotatable bonds is 4. The number of benzene rings is 1. The van der Waals surface area contributed by atoms with E-state index in [1.54, 1.807) is 0 Å². The van der Waals surface area contributed by atoms with E-state index in [-0.39, 0.29) is 23.3 Å². The number of likely N-dealkylation sites (tertiary alicyclic amines) is 2. The van der Waals surface area contributed by atoms with Crippen LogP contribution in [0.25, 0.3) is 0 Å². The van der Waals surface area contributed by atoms with Gasteiger partial charge in [0, 0.05) is 39.2 Å². The van der Waals surface area contributed by atoms with E-state index < -0.39 is 0 Å². The summed E-state index contributed by atoms with van der Waals surface area (Å²) in [5, 5.41) is 0. The molecule has 0 bridgehead atoms. The summed E-state index contributed by atoms with van der Waals surface area (Å²) >= 11 is 0. The van der Waals surface area contributed by atoms with Crippen molar-refractivity contribution >= 4 is 11.8 Å². The molecular formula is C23H32N2O3. The molecule has 1 aromatic rings. The zero-order valence-electron chi connectivity index (χ0n) is 16.8. The van der Waals surface area contributed by atoms with E-state index in [1.165, 1.54) is 5.56 Å². The highest BCUT2D eigenvalue weighted by Gasteiger charge is 2.42. The average Bonchev–Trinajstić information content (AvgIpc) is 2.76. The first-order chi connectivity index (χ1) is 13.7. The largest absolute Gasteiger partial charge is 0.368 e. The molecule has 2 amide bonds. The first-order valence-electron chi connectivity index (χ1n) is 10.9. The van der Waals surface area contributed by atoms with Crippen LogP contribution in [0.1, 0.15) is 50.5 Å². The van der Waals surface area contributed by atoms with Gasteiger partial charge in [-0.05, 0) is 55.9 Å². The van der Waals surface area contributed by atoms with Gasteiger partial charge in [0.25, 0.3) is 5.91 Å². The van der Waals surface area contributed by atoms with Gasteiger partial charge in [-0.3, -0.25) is 9.59 Å². The summed E-state index contributed by atoms with van der Waals surface area (Å²) in [6.07, 6.45) is 7.32. The Morgan fingerprint density at radius 2 is 1.89 bits per heavy atom. The van der Waals surface area contributed by atoms with Crippen LogP contribution in [-0.2, 0) is 20.7 Å². The second-order valence-electron chi connectivity index (χ2n) is 8.73. The highest BCUT2D eigenvalue weighted by molar-refractivity contribution is 5.81. The van der Waals surface area contributed by atoms with Crippen LogP contribution in [0.4, 0.5) is 0 Å². The summed E-state index contributed by atoms with van der Waals surface area (Å²) in [5.41, 5.74) is 1.47. The summed E-state index contributed by atoms with van der Waals surface area (Å²) in [6.45, 7) is 3.97. The third-order valence-corrected chi connectivity index (χ3v) is 6.85. The van der Waals surface area contributed by atoms with E-state index in [1.807, 2.05) is 11.0 Å². The predicted octanol–water partition coefficient (Wildman–Crippen LogP) is 3.03. The van der Waals surface area contributed by atoms with E-state index in [4.69, 9.17) is 4.74 Å². The molecule has 152 valence electrons. The zero-order valence-corrected chi connectivity index (χ0v) is 16.8. The van der Waals surface area contributed by atoms with Gasteiger partial charge < -0.3 is 14.5 Å². The van der Waals surface area contributed by atoms with Crippen molar-refractivity contribution in [3.63, 3.8) is 0 Å². The molecule has 3 heterocycles. The summed E-state index contributed by atoms with van der Waals surface area (Å²) in [5.74, 6) is 0.470. The number of carbonyl (C=O) groups is 2. The minimum Gasteiger partial charge on any atom is -0.368 e. The van der Waals surface area contributed by atoms with E-state index in [0.717, 1.165) is 71.1 Å². The molecule has 3 aliphatic heterocycles. The molecule has 0 saturated carbocycles. The van der Waals surface area contributed by atoms with Crippen molar-refractivity contribution in [3.05, 3.63) is 35.9 Å². The van der Waals surface area contributed by atoms with Gasteiger partial charge in [-0.2, -0.15) is 0 Å². The van der Waals surface area contributed by atoms with Crippen molar-refractivity contribution in [2.75, 3.05) is 32.8 Å². The van der Waals surface area contributed by atoms with Crippen molar-refractivity contribution < 1.29 is 14.3 Å². The maximum absolute atomic E-state index is 12.7. The molecule has 0 aromatic heterocycles. The smallest absolute Gasteiger partial charge is 0.251 e. The maximum Gasteiger partial charge on any atom is 0.251 e. The van der Waals surface area contributed by atoms with Crippen molar-refractivity contribution in [3.8, 4) is 0 Å². The Hall–Kier alpha value is -1.88. The Morgan fingerprint density at radius 1 is 1.11 bits per heavy atom. The number of hydrogen-bond acceptors (Lipinski definition) is 3. The lowest BCUT2D eigenvalue weighted by Gasteiger charge is -2.48. The second kappa shape index (κ2) is 8.64. The minimum atomic E-state index is -0.224. The summed E-state index contributed by atoms with van der Waals surface area (Å²) in [4.78, 5) is 29.3. The molecule has 0 N–H and O–H groups in total. The third kappa shape index (κ3) is 4.40. The molecule has 5 heteroatoms. The van der Waals surface area contributed by atoms with Crippen molar-refractivity contribution in [2.24, 2.45) is 5.41 Å². The molecule has 3 fully saturated rings. The van der Waals surface area contributed by atoms with Crippen molar-refractivity contribution in [1.82, 2.24) is 9.80 Å². The summed E-state index contributed by atoms with van der Waals surface area (Å²) in [6, 6.07) is 10.4. The fourth-order valence-corrected chi connectivity index (χ4v) is 4.96. The molecular weight excluding hydrogens is 352 g/mol. The van der Waals surface area contributed by atoms with Gasteiger partial charge in [0.05, 0.1) is 0 Å². The molecule has 3 aliphatic rings. The number of ether oxygens (including phenoxy) is 1. The zero-order chi connectivity index (χ0) is 19.4. The molecule has 0 radical (unpaired) electrons. The number of piperidine rings is 2. The van der Waals surface area contributed by atoms with Crippen LogP contribution in [0.15, 0.2) is 30.3 Å². The number of nitrogens with zero attached hydrogens (tertiary/aromatic N) is 2. The normalized spacial score (nSPS) is 25.1. The third-order valence-electron chi connectivity index (χ3n) is 6.85. The van der Waals surface area contributed by atoms with Gasteiger partial charge >= 0.3 is 0 Å². The number of carbonyl (C=O) groups excluding carboxylic acids is 2. The first kappa shape index (κ1) is 19.4. The van der Waals surface area contributed by atoms with Gasteiger partial charge in [-0.15, -0.1) is 0 Å². The van der Waals surface area contributed by atoms with Gasteiger partial charge in [0.2, 0.25) is 5.91 Å². The molecule has 1 atom stereocenters. The van der Waals surface area contributed by atoms with Crippen LogP contribution in [0.3, 0.4) is 0 Å². The van der Waals surface area contributed by atoms with Crippen molar-refractivity contribution in [2.45, 2.75) is 57.5 Å². The van der Waals surface area contributed by atoms with Gasteiger partial charge in [0.15, 0.2) is 0 Å². The predicted molar refractivity (Wildman–Crippen MR) is 108 cm³/mol.